The number of rotatable bonds is 7. The monoisotopic (exact) mass is 457 g/mol. The molecule has 2 N–H and O–H groups in total. The number of aliphatic hydroxyl groups is 1. The highest BCUT2D eigenvalue weighted by Gasteiger charge is 2.25. The van der Waals surface area contributed by atoms with Crippen LogP contribution in [0.15, 0.2) is 42.5 Å². The van der Waals surface area contributed by atoms with Gasteiger partial charge in [-0.05, 0) is 43.2 Å². The van der Waals surface area contributed by atoms with Gasteiger partial charge >= 0.3 is 6.03 Å². The zero-order valence-corrected chi connectivity index (χ0v) is 18.2. The van der Waals surface area contributed by atoms with Crippen LogP contribution in [0.5, 0.6) is 0 Å². The Balaban J connectivity index is 1.67. The van der Waals surface area contributed by atoms with Gasteiger partial charge in [-0.3, -0.25) is 15.0 Å². The summed E-state index contributed by atoms with van der Waals surface area (Å²) in [5, 5.41) is 12.0. The molecule has 8 nitrogen and oxygen atoms in total. The molecular formula is C23H25F2N5O3. The molecule has 3 aromatic rings. The summed E-state index contributed by atoms with van der Waals surface area (Å²) in [6.07, 6.45) is -1.39. The third kappa shape index (κ3) is 4.65. The molecule has 0 atom stereocenters. The number of imidazole rings is 1. The highest BCUT2D eigenvalue weighted by molar-refractivity contribution is 6.04. The number of hydrogen-bond acceptors (Lipinski definition) is 4. The first-order valence-electron chi connectivity index (χ1n) is 10.7. The summed E-state index contributed by atoms with van der Waals surface area (Å²) < 4.78 is 27.8. The van der Waals surface area contributed by atoms with Gasteiger partial charge < -0.3 is 14.6 Å². The first-order valence-corrected chi connectivity index (χ1v) is 10.7. The number of alkyl halides is 2. The van der Waals surface area contributed by atoms with Crippen LogP contribution in [0, 0.1) is 0 Å². The van der Waals surface area contributed by atoms with Crippen molar-refractivity contribution in [2.24, 2.45) is 0 Å². The number of anilines is 2. The Morgan fingerprint density at radius 2 is 2.03 bits per heavy atom. The van der Waals surface area contributed by atoms with Crippen molar-refractivity contribution in [2.75, 3.05) is 37.0 Å². The summed E-state index contributed by atoms with van der Waals surface area (Å²) >= 11 is 0. The predicted molar refractivity (Wildman–Crippen MR) is 121 cm³/mol. The maximum atomic E-state index is 13.0. The van der Waals surface area contributed by atoms with E-state index in [0.717, 1.165) is 18.0 Å². The number of urea groups is 1. The van der Waals surface area contributed by atoms with Crippen LogP contribution in [-0.4, -0.2) is 58.2 Å². The molecule has 4 rings (SSSR count). The van der Waals surface area contributed by atoms with Crippen molar-refractivity contribution in [1.29, 1.82) is 0 Å². The van der Waals surface area contributed by atoms with Crippen molar-refractivity contribution in [3.63, 3.8) is 0 Å². The summed E-state index contributed by atoms with van der Waals surface area (Å²) in [7, 11) is 1.76. The Hall–Kier alpha value is -3.53. The maximum absolute atomic E-state index is 13.0. The third-order valence-electron chi connectivity index (χ3n) is 5.64. The minimum absolute atomic E-state index is 0.0454. The van der Waals surface area contributed by atoms with E-state index in [2.05, 4.69) is 10.3 Å². The molecular weight excluding hydrogens is 432 g/mol. The highest BCUT2D eigenvalue weighted by atomic mass is 19.3. The van der Waals surface area contributed by atoms with Crippen LogP contribution in [0.2, 0.25) is 0 Å². The predicted octanol–water partition coefficient (Wildman–Crippen LogP) is 3.87. The Morgan fingerprint density at radius 3 is 2.79 bits per heavy atom. The molecule has 0 spiro atoms. The number of hydrogen-bond donors (Lipinski definition) is 2. The lowest BCUT2D eigenvalue weighted by molar-refractivity contribution is 0.102. The minimum atomic E-state index is -2.68. The van der Waals surface area contributed by atoms with E-state index in [9.17, 15) is 23.5 Å². The van der Waals surface area contributed by atoms with Crippen molar-refractivity contribution < 1.29 is 23.5 Å². The van der Waals surface area contributed by atoms with E-state index in [1.54, 1.807) is 27.5 Å². The van der Waals surface area contributed by atoms with Crippen LogP contribution in [0.4, 0.5) is 25.2 Å². The van der Waals surface area contributed by atoms with Crippen molar-refractivity contribution in [1.82, 2.24) is 14.5 Å². The Kier molecular flexibility index (Phi) is 6.55. The van der Waals surface area contributed by atoms with Gasteiger partial charge in [0.15, 0.2) is 0 Å². The van der Waals surface area contributed by atoms with Crippen LogP contribution in [-0.2, 0) is 6.54 Å². The second kappa shape index (κ2) is 9.53. The van der Waals surface area contributed by atoms with Gasteiger partial charge in [-0.2, -0.15) is 0 Å². The normalized spacial score (nSPS) is 14.4. The second-order valence-electron chi connectivity index (χ2n) is 7.93. The fourth-order valence-corrected chi connectivity index (χ4v) is 3.93. The van der Waals surface area contributed by atoms with E-state index >= 15 is 0 Å². The quantitative estimate of drug-likeness (QED) is 0.564. The van der Waals surface area contributed by atoms with Crippen LogP contribution in [0.3, 0.4) is 0 Å². The highest BCUT2D eigenvalue weighted by Crippen LogP contribution is 2.28. The average Bonchev–Trinajstić information content (AvgIpc) is 3.15. The summed E-state index contributed by atoms with van der Waals surface area (Å²) in [5.41, 5.74) is 1.85. The lowest BCUT2D eigenvalue weighted by Crippen LogP contribution is -2.47. The number of amides is 3. The molecule has 0 aliphatic carbocycles. The second-order valence-corrected chi connectivity index (χ2v) is 7.93. The van der Waals surface area contributed by atoms with Crippen LogP contribution in [0.1, 0.15) is 35.2 Å². The molecule has 0 bridgehead atoms. The van der Waals surface area contributed by atoms with Crippen molar-refractivity contribution >= 4 is 34.6 Å². The molecule has 174 valence electrons. The molecule has 2 aromatic carbocycles. The molecule has 33 heavy (non-hydrogen) atoms. The SMILES string of the molecule is CN1CCCN(c2ccc3c(c2)nc(NC(=O)c2cccc(C(F)F)c2)n3CCCO)C1=O. The van der Waals surface area contributed by atoms with Crippen molar-refractivity contribution in [3.8, 4) is 0 Å². The van der Waals surface area contributed by atoms with E-state index in [1.165, 1.54) is 18.2 Å². The molecule has 0 radical (unpaired) electrons. The summed E-state index contributed by atoms with van der Waals surface area (Å²) in [6.45, 7) is 1.65. The van der Waals surface area contributed by atoms with Crippen molar-refractivity contribution in [2.45, 2.75) is 25.8 Å². The molecule has 3 amide bonds. The molecule has 1 saturated heterocycles. The standard InChI is InChI=1S/C23H25F2N5O3/c1-28-9-3-10-29(23(28)33)17-7-8-19-18(14-17)26-22(30(19)11-4-12-31)27-21(32)16-6-2-5-15(13-16)20(24)25/h2,5-8,13-14,20,31H,3-4,9-12H2,1H3,(H,26,27,32). The summed E-state index contributed by atoms with van der Waals surface area (Å²) in [6, 6.07) is 10.6. The van der Waals surface area contributed by atoms with E-state index in [-0.39, 0.29) is 29.7 Å². The molecule has 10 heteroatoms. The van der Waals surface area contributed by atoms with Gasteiger partial charge in [0, 0.05) is 50.1 Å². The number of aryl methyl sites for hydroxylation is 1. The van der Waals surface area contributed by atoms with E-state index in [1.807, 2.05) is 12.1 Å². The zero-order chi connectivity index (χ0) is 23.5. The number of carbonyl (C=O) groups is 2. The third-order valence-corrected chi connectivity index (χ3v) is 5.64. The number of benzene rings is 2. The maximum Gasteiger partial charge on any atom is 0.324 e. The first kappa shape index (κ1) is 22.7. The Morgan fingerprint density at radius 1 is 1.21 bits per heavy atom. The smallest absolute Gasteiger partial charge is 0.324 e. The van der Waals surface area contributed by atoms with Crippen LogP contribution >= 0.6 is 0 Å². The van der Waals surface area contributed by atoms with Gasteiger partial charge in [-0.1, -0.05) is 12.1 Å². The van der Waals surface area contributed by atoms with Gasteiger partial charge in [-0.15, -0.1) is 0 Å². The van der Waals surface area contributed by atoms with Gasteiger partial charge in [0.1, 0.15) is 0 Å². The van der Waals surface area contributed by atoms with E-state index in [0.29, 0.717) is 37.3 Å². The first-order chi connectivity index (χ1) is 15.9. The van der Waals surface area contributed by atoms with Crippen LogP contribution < -0.4 is 10.2 Å². The van der Waals surface area contributed by atoms with Crippen molar-refractivity contribution in [3.05, 3.63) is 53.6 Å². The molecule has 0 saturated carbocycles. The molecule has 1 aliphatic heterocycles. The number of fused-ring (bicyclic) bond motifs is 1. The molecule has 1 aromatic heterocycles. The number of aliphatic hydroxyl groups excluding tert-OH is 1. The lowest BCUT2D eigenvalue weighted by Gasteiger charge is -2.33. The van der Waals surface area contributed by atoms with Gasteiger partial charge in [0.05, 0.1) is 11.0 Å². The van der Waals surface area contributed by atoms with Gasteiger partial charge in [-0.25, -0.2) is 18.6 Å². The van der Waals surface area contributed by atoms with Gasteiger partial charge in [0.2, 0.25) is 5.95 Å². The number of nitrogens with zero attached hydrogens (tertiary/aromatic N) is 4. The molecule has 0 unspecified atom stereocenters. The topological polar surface area (TPSA) is 90.7 Å². The van der Waals surface area contributed by atoms with E-state index < -0.39 is 12.3 Å². The Bertz CT molecular complexity index is 1180. The number of carbonyl (C=O) groups excluding carboxylic acids is 2. The number of nitrogens with one attached hydrogen (secondary N) is 1. The van der Waals surface area contributed by atoms with E-state index in [4.69, 9.17) is 0 Å². The zero-order valence-electron chi connectivity index (χ0n) is 18.2. The minimum Gasteiger partial charge on any atom is -0.396 e. The lowest BCUT2D eigenvalue weighted by atomic mass is 10.1. The summed E-state index contributed by atoms with van der Waals surface area (Å²) in [4.78, 5) is 33.2. The molecule has 1 fully saturated rings. The molecule has 1 aliphatic rings. The summed E-state index contributed by atoms with van der Waals surface area (Å²) in [5.74, 6) is -0.323. The Labute approximate surface area is 189 Å². The number of aromatic nitrogens is 2. The number of halogens is 2. The fourth-order valence-electron chi connectivity index (χ4n) is 3.93. The molecule has 2 heterocycles. The largest absolute Gasteiger partial charge is 0.396 e. The average molecular weight is 457 g/mol. The van der Waals surface area contributed by atoms with Crippen LogP contribution in [0.25, 0.3) is 11.0 Å². The fraction of sp³-hybridized carbons (Fsp3) is 0.348. The van der Waals surface area contributed by atoms with Gasteiger partial charge in [0.25, 0.3) is 12.3 Å².